The normalized spacial score (nSPS) is 10.6. The molecule has 3 nitrogen and oxygen atoms in total. The average molecular weight is 246 g/mol. The Kier molecular flexibility index (Phi) is 3.55. The first kappa shape index (κ1) is 12.5. The van der Waals surface area contributed by atoms with Crippen molar-refractivity contribution in [3.63, 3.8) is 0 Å². The highest BCUT2D eigenvalue weighted by molar-refractivity contribution is 5.91. The third-order valence-corrected chi connectivity index (χ3v) is 2.78. The lowest BCUT2D eigenvalue weighted by atomic mass is 10.2. The van der Waals surface area contributed by atoms with Crippen molar-refractivity contribution in [2.45, 2.75) is 26.8 Å². The molecule has 1 aromatic heterocycles. The molecule has 18 heavy (non-hydrogen) atoms. The van der Waals surface area contributed by atoms with Crippen molar-refractivity contribution in [2.75, 3.05) is 0 Å². The molecule has 94 valence electrons. The lowest BCUT2D eigenvalue weighted by Crippen LogP contribution is -2.03. The second-order valence-corrected chi connectivity index (χ2v) is 4.21. The zero-order valence-electron chi connectivity index (χ0n) is 10.5. The topological polar surface area (TPSA) is 34.9 Å². The standard InChI is InChI=1S/C14H15FN2O/c1-3-14-16-13(10(2)18)9-17(14)8-11-5-4-6-12(15)7-11/h4-7,9H,3,8H2,1-2H3. The van der Waals surface area contributed by atoms with Gasteiger partial charge in [0.25, 0.3) is 0 Å². The first-order valence-electron chi connectivity index (χ1n) is 5.91. The number of nitrogens with zero attached hydrogens (tertiary/aromatic N) is 2. The molecule has 0 fully saturated rings. The number of benzene rings is 1. The highest BCUT2D eigenvalue weighted by Crippen LogP contribution is 2.11. The van der Waals surface area contributed by atoms with Gasteiger partial charge >= 0.3 is 0 Å². The summed E-state index contributed by atoms with van der Waals surface area (Å²) in [6.45, 7) is 4.00. The van der Waals surface area contributed by atoms with Crippen LogP contribution in [0.25, 0.3) is 0 Å². The van der Waals surface area contributed by atoms with Crippen LogP contribution in [0.15, 0.2) is 30.5 Å². The summed E-state index contributed by atoms with van der Waals surface area (Å²) in [6.07, 6.45) is 2.47. The van der Waals surface area contributed by atoms with E-state index < -0.39 is 0 Å². The van der Waals surface area contributed by atoms with E-state index in [0.29, 0.717) is 12.2 Å². The van der Waals surface area contributed by atoms with Crippen LogP contribution in [0.2, 0.25) is 0 Å². The van der Waals surface area contributed by atoms with Gasteiger partial charge in [0.2, 0.25) is 0 Å². The maximum atomic E-state index is 13.1. The number of carbonyl (C=O) groups excluding carboxylic acids is 1. The number of hydrogen-bond donors (Lipinski definition) is 0. The molecule has 2 rings (SSSR count). The zero-order chi connectivity index (χ0) is 13.1. The number of imidazole rings is 1. The van der Waals surface area contributed by atoms with Crippen molar-refractivity contribution >= 4 is 5.78 Å². The van der Waals surface area contributed by atoms with Crippen LogP contribution in [0.5, 0.6) is 0 Å². The van der Waals surface area contributed by atoms with Gasteiger partial charge in [-0.15, -0.1) is 0 Å². The number of aryl methyl sites for hydroxylation is 1. The summed E-state index contributed by atoms with van der Waals surface area (Å²) < 4.78 is 15.0. The molecule has 0 amide bonds. The van der Waals surface area contributed by atoms with Gasteiger partial charge in [0, 0.05) is 26.1 Å². The lowest BCUT2D eigenvalue weighted by Gasteiger charge is -2.06. The summed E-state index contributed by atoms with van der Waals surface area (Å²) in [5.74, 6) is 0.532. The Morgan fingerprint density at radius 1 is 1.44 bits per heavy atom. The predicted molar refractivity (Wildman–Crippen MR) is 67.1 cm³/mol. The summed E-state index contributed by atoms with van der Waals surface area (Å²) in [5.41, 5.74) is 1.32. The van der Waals surface area contributed by atoms with Gasteiger partial charge in [-0.3, -0.25) is 4.79 Å². The van der Waals surface area contributed by atoms with Gasteiger partial charge in [-0.05, 0) is 17.7 Å². The van der Waals surface area contributed by atoms with Crippen molar-refractivity contribution in [3.05, 3.63) is 53.4 Å². The molecular weight excluding hydrogens is 231 g/mol. The summed E-state index contributed by atoms with van der Waals surface area (Å²) in [5, 5.41) is 0. The van der Waals surface area contributed by atoms with Gasteiger partial charge in [0.15, 0.2) is 5.78 Å². The van der Waals surface area contributed by atoms with Crippen molar-refractivity contribution in [1.82, 2.24) is 9.55 Å². The smallest absolute Gasteiger partial charge is 0.179 e. The minimum absolute atomic E-state index is 0.0531. The van der Waals surface area contributed by atoms with E-state index in [1.165, 1.54) is 19.1 Å². The van der Waals surface area contributed by atoms with Crippen molar-refractivity contribution in [2.24, 2.45) is 0 Å². The Balaban J connectivity index is 2.30. The number of halogens is 1. The number of carbonyl (C=O) groups is 1. The summed E-state index contributed by atoms with van der Waals surface area (Å²) in [4.78, 5) is 15.6. The summed E-state index contributed by atoms with van der Waals surface area (Å²) in [7, 11) is 0. The van der Waals surface area contributed by atoms with E-state index >= 15 is 0 Å². The Morgan fingerprint density at radius 2 is 2.22 bits per heavy atom. The maximum Gasteiger partial charge on any atom is 0.179 e. The molecular formula is C14H15FN2O. The van der Waals surface area contributed by atoms with Gasteiger partial charge in [-0.25, -0.2) is 9.37 Å². The molecule has 4 heteroatoms. The van der Waals surface area contributed by atoms with E-state index in [2.05, 4.69) is 4.98 Å². The maximum absolute atomic E-state index is 13.1. The minimum Gasteiger partial charge on any atom is -0.330 e. The average Bonchev–Trinajstić information content (AvgIpc) is 2.72. The third kappa shape index (κ3) is 2.64. The molecule has 0 aliphatic carbocycles. The highest BCUT2D eigenvalue weighted by Gasteiger charge is 2.10. The molecule has 0 saturated heterocycles. The number of aromatic nitrogens is 2. The Hall–Kier alpha value is -1.97. The molecule has 0 atom stereocenters. The van der Waals surface area contributed by atoms with Crippen LogP contribution in [-0.4, -0.2) is 15.3 Å². The Bertz CT molecular complexity index is 575. The number of rotatable bonds is 4. The second kappa shape index (κ2) is 5.12. The number of ketones is 1. The van der Waals surface area contributed by atoms with Gasteiger partial charge in [-0.2, -0.15) is 0 Å². The van der Waals surface area contributed by atoms with E-state index in [1.807, 2.05) is 17.6 Å². The van der Waals surface area contributed by atoms with Gasteiger partial charge in [0.05, 0.1) is 0 Å². The van der Waals surface area contributed by atoms with E-state index in [4.69, 9.17) is 0 Å². The van der Waals surface area contributed by atoms with E-state index in [1.54, 1.807) is 12.3 Å². The molecule has 0 saturated carbocycles. The fourth-order valence-electron chi connectivity index (χ4n) is 1.87. The van der Waals surface area contributed by atoms with Gasteiger partial charge in [-0.1, -0.05) is 19.1 Å². The van der Waals surface area contributed by atoms with Crippen molar-refractivity contribution in [3.8, 4) is 0 Å². The van der Waals surface area contributed by atoms with E-state index in [0.717, 1.165) is 17.8 Å². The molecule has 1 heterocycles. The van der Waals surface area contributed by atoms with Gasteiger partial charge < -0.3 is 4.57 Å². The summed E-state index contributed by atoms with van der Waals surface area (Å²) in [6, 6.07) is 6.45. The quantitative estimate of drug-likeness (QED) is 0.777. The molecule has 0 unspecified atom stereocenters. The highest BCUT2D eigenvalue weighted by atomic mass is 19.1. The van der Waals surface area contributed by atoms with Crippen LogP contribution in [0, 0.1) is 5.82 Å². The fraction of sp³-hybridized carbons (Fsp3) is 0.286. The van der Waals surface area contributed by atoms with Crippen LogP contribution in [0.4, 0.5) is 4.39 Å². The fourth-order valence-corrected chi connectivity index (χ4v) is 1.87. The van der Waals surface area contributed by atoms with Crippen molar-refractivity contribution < 1.29 is 9.18 Å². The Labute approximate surface area is 105 Å². The number of hydrogen-bond acceptors (Lipinski definition) is 2. The SMILES string of the molecule is CCc1nc(C(C)=O)cn1Cc1cccc(F)c1. The predicted octanol–water partition coefficient (Wildman–Crippen LogP) is 2.84. The summed E-state index contributed by atoms with van der Waals surface area (Å²) >= 11 is 0. The van der Waals surface area contributed by atoms with Crippen LogP contribution in [0.3, 0.4) is 0 Å². The molecule has 2 aromatic rings. The minimum atomic E-state index is -0.252. The zero-order valence-corrected chi connectivity index (χ0v) is 10.5. The molecule has 0 N–H and O–H groups in total. The van der Waals surface area contributed by atoms with Crippen LogP contribution < -0.4 is 0 Å². The van der Waals surface area contributed by atoms with E-state index in [-0.39, 0.29) is 11.6 Å². The molecule has 0 aliphatic rings. The van der Waals surface area contributed by atoms with Crippen LogP contribution >= 0.6 is 0 Å². The van der Waals surface area contributed by atoms with Gasteiger partial charge in [0.1, 0.15) is 17.3 Å². The Morgan fingerprint density at radius 3 is 2.83 bits per heavy atom. The number of Topliss-reactive ketones (excluding diaryl/α,β-unsaturated/α-hetero) is 1. The van der Waals surface area contributed by atoms with E-state index in [9.17, 15) is 9.18 Å². The third-order valence-electron chi connectivity index (χ3n) is 2.78. The molecule has 0 bridgehead atoms. The largest absolute Gasteiger partial charge is 0.330 e. The first-order chi connectivity index (χ1) is 8.60. The molecule has 0 radical (unpaired) electrons. The second-order valence-electron chi connectivity index (χ2n) is 4.21. The van der Waals surface area contributed by atoms with Crippen LogP contribution in [-0.2, 0) is 13.0 Å². The molecule has 0 aliphatic heterocycles. The van der Waals surface area contributed by atoms with Crippen molar-refractivity contribution in [1.29, 1.82) is 0 Å². The van der Waals surface area contributed by atoms with Crippen LogP contribution in [0.1, 0.15) is 35.7 Å². The lowest BCUT2D eigenvalue weighted by molar-refractivity contribution is 0.101. The first-order valence-corrected chi connectivity index (χ1v) is 5.91. The monoisotopic (exact) mass is 246 g/mol. The molecule has 1 aromatic carbocycles. The molecule has 0 spiro atoms.